The minimum atomic E-state index is 0.604. The number of likely N-dealkylation sites (N-methyl/N-ethyl adjacent to an activating group) is 1. The summed E-state index contributed by atoms with van der Waals surface area (Å²) >= 11 is 0. The van der Waals surface area contributed by atoms with Gasteiger partial charge in [0.2, 0.25) is 0 Å². The van der Waals surface area contributed by atoms with Crippen LogP contribution in [0, 0.1) is 0 Å². The standard InChI is InChI=1S/C17H25N3O/c1-5-13(2)20(3)11-10-19-17-16-12-15(21-4)7-6-14(16)8-9-18-17/h6-9,12-13H,5,10-11H2,1-4H3,(H,18,19). The Morgan fingerprint density at radius 3 is 2.86 bits per heavy atom. The SMILES string of the molecule is CCC(C)N(C)CCNc1nccc2ccc(OC)cc12. The first kappa shape index (κ1) is 15.6. The summed E-state index contributed by atoms with van der Waals surface area (Å²) < 4.78 is 5.30. The predicted octanol–water partition coefficient (Wildman–Crippen LogP) is 3.39. The molecule has 4 heteroatoms. The summed E-state index contributed by atoms with van der Waals surface area (Å²) in [5.74, 6) is 1.78. The van der Waals surface area contributed by atoms with E-state index in [9.17, 15) is 0 Å². The molecule has 1 unspecified atom stereocenters. The average molecular weight is 287 g/mol. The number of methoxy groups -OCH3 is 1. The first-order valence-electron chi connectivity index (χ1n) is 7.52. The molecule has 0 saturated heterocycles. The fourth-order valence-electron chi connectivity index (χ4n) is 2.30. The number of hydrogen-bond donors (Lipinski definition) is 1. The van der Waals surface area contributed by atoms with Crippen molar-refractivity contribution < 1.29 is 4.74 Å². The van der Waals surface area contributed by atoms with Gasteiger partial charge in [0.15, 0.2) is 0 Å². The Kier molecular flexibility index (Phi) is 5.39. The third-order valence-corrected chi connectivity index (χ3v) is 4.07. The average Bonchev–Trinajstić information content (AvgIpc) is 2.53. The summed E-state index contributed by atoms with van der Waals surface area (Å²) in [6.07, 6.45) is 3.01. The van der Waals surface area contributed by atoms with Gasteiger partial charge in [0.1, 0.15) is 11.6 Å². The first-order chi connectivity index (χ1) is 10.2. The lowest BCUT2D eigenvalue weighted by Gasteiger charge is -2.23. The highest BCUT2D eigenvalue weighted by Gasteiger charge is 2.07. The molecule has 1 N–H and O–H groups in total. The maximum Gasteiger partial charge on any atom is 0.133 e. The van der Waals surface area contributed by atoms with Crippen molar-refractivity contribution in [3.05, 3.63) is 30.5 Å². The number of rotatable bonds is 7. The lowest BCUT2D eigenvalue weighted by Crippen LogP contribution is -2.32. The molecule has 2 rings (SSSR count). The molecule has 0 amide bonds. The minimum absolute atomic E-state index is 0.604. The van der Waals surface area contributed by atoms with E-state index < -0.39 is 0 Å². The smallest absolute Gasteiger partial charge is 0.133 e. The number of nitrogens with zero attached hydrogens (tertiary/aromatic N) is 2. The van der Waals surface area contributed by atoms with Crippen molar-refractivity contribution in [3.8, 4) is 5.75 Å². The van der Waals surface area contributed by atoms with Gasteiger partial charge < -0.3 is 15.0 Å². The fraction of sp³-hybridized carbons (Fsp3) is 0.471. The zero-order valence-corrected chi connectivity index (χ0v) is 13.4. The largest absolute Gasteiger partial charge is 0.497 e. The molecule has 1 aromatic carbocycles. The predicted molar refractivity (Wildman–Crippen MR) is 89.2 cm³/mol. The van der Waals surface area contributed by atoms with Crippen molar-refractivity contribution in [2.24, 2.45) is 0 Å². The summed E-state index contributed by atoms with van der Waals surface area (Å²) in [5.41, 5.74) is 0. The van der Waals surface area contributed by atoms with Crippen molar-refractivity contribution in [3.63, 3.8) is 0 Å². The van der Waals surface area contributed by atoms with Crippen molar-refractivity contribution in [2.45, 2.75) is 26.3 Å². The van der Waals surface area contributed by atoms with Crippen LogP contribution in [0.25, 0.3) is 10.8 Å². The highest BCUT2D eigenvalue weighted by Crippen LogP contribution is 2.25. The van der Waals surface area contributed by atoms with E-state index in [1.165, 1.54) is 11.8 Å². The Morgan fingerprint density at radius 1 is 1.33 bits per heavy atom. The number of anilines is 1. The molecule has 0 aliphatic heterocycles. The number of hydrogen-bond acceptors (Lipinski definition) is 4. The number of ether oxygens (including phenoxy) is 1. The second kappa shape index (κ2) is 7.27. The van der Waals surface area contributed by atoms with E-state index in [-0.39, 0.29) is 0 Å². The molecule has 1 heterocycles. The van der Waals surface area contributed by atoms with Crippen LogP contribution in [0.15, 0.2) is 30.5 Å². The Hall–Kier alpha value is -1.81. The Labute approximate surface area is 127 Å². The third kappa shape index (κ3) is 3.85. The zero-order valence-electron chi connectivity index (χ0n) is 13.4. The van der Waals surface area contributed by atoms with Crippen LogP contribution in [-0.4, -0.2) is 43.2 Å². The molecule has 2 aromatic rings. The molecule has 114 valence electrons. The normalized spacial score (nSPS) is 12.6. The monoisotopic (exact) mass is 287 g/mol. The van der Waals surface area contributed by atoms with Crippen LogP contribution in [0.4, 0.5) is 5.82 Å². The van der Waals surface area contributed by atoms with E-state index in [1.807, 2.05) is 24.4 Å². The van der Waals surface area contributed by atoms with Gasteiger partial charge in [-0.05, 0) is 44.0 Å². The highest BCUT2D eigenvalue weighted by molar-refractivity contribution is 5.92. The maximum absolute atomic E-state index is 5.30. The molecular weight excluding hydrogens is 262 g/mol. The van der Waals surface area contributed by atoms with E-state index in [2.05, 4.69) is 42.2 Å². The highest BCUT2D eigenvalue weighted by atomic mass is 16.5. The van der Waals surface area contributed by atoms with Gasteiger partial charge in [-0.15, -0.1) is 0 Å². The summed E-state index contributed by atoms with van der Waals surface area (Å²) in [5, 5.41) is 5.71. The number of aromatic nitrogens is 1. The van der Waals surface area contributed by atoms with Crippen molar-refractivity contribution in [2.75, 3.05) is 32.6 Å². The first-order valence-corrected chi connectivity index (χ1v) is 7.52. The van der Waals surface area contributed by atoms with Crippen molar-refractivity contribution >= 4 is 16.6 Å². The summed E-state index contributed by atoms with van der Waals surface area (Å²) in [6.45, 7) is 6.34. The number of benzene rings is 1. The van der Waals surface area contributed by atoms with Crippen LogP contribution < -0.4 is 10.1 Å². The summed E-state index contributed by atoms with van der Waals surface area (Å²) in [6, 6.07) is 8.69. The maximum atomic E-state index is 5.30. The molecule has 0 radical (unpaired) electrons. The van der Waals surface area contributed by atoms with Gasteiger partial charge >= 0.3 is 0 Å². The lowest BCUT2D eigenvalue weighted by atomic mass is 10.1. The van der Waals surface area contributed by atoms with Gasteiger partial charge in [0.05, 0.1) is 7.11 Å². The molecule has 0 spiro atoms. The molecule has 0 bridgehead atoms. The summed E-state index contributed by atoms with van der Waals surface area (Å²) in [7, 11) is 3.85. The fourth-order valence-corrected chi connectivity index (χ4v) is 2.30. The number of fused-ring (bicyclic) bond motifs is 1. The number of pyridine rings is 1. The molecule has 0 aliphatic rings. The van der Waals surface area contributed by atoms with E-state index >= 15 is 0 Å². The topological polar surface area (TPSA) is 37.4 Å². The van der Waals surface area contributed by atoms with E-state index in [0.717, 1.165) is 30.0 Å². The molecule has 0 saturated carbocycles. The Balaban J connectivity index is 2.08. The molecular formula is C17H25N3O. The van der Waals surface area contributed by atoms with Crippen LogP contribution in [0.5, 0.6) is 5.75 Å². The van der Waals surface area contributed by atoms with Crippen molar-refractivity contribution in [1.29, 1.82) is 0 Å². The molecule has 0 fully saturated rings. The van der Waals surface area contributed by atoms with Gasteiger partial charge in [0, 0.05) is 30.7 Å². The van der Waals surface area contributed by atoms with Crippen molar-refractivity contribution in [1.82, 2.24) is 9.88 Å². The molecule has 1 aromatic heterocycles. The van der Waals surface area contributed by atoms with Gasteiger partial charge in [0.25, 0.3) is 0 Å². The summed E-state index contributed by atoms with van der Waals surface area (Å²) in [4.78, 5) is 6.82. The molecule has 4 nitrogen and oxygen atoms in total. The number of nitrogens with one attached hydrogen (secondary N) is 1. The molecule has 21 heavy (non-hydrogen) atoms. The van der Waals surface area contributed by atoms with E-state index in [4.69, 9.17) is 4.74 Å². The molecule has 1 atom stereocenters. The van der Waals surface area contributed by atoms with Crippen LogP contribution in [0.1, 0.15) is 20.3 Å². The van der Waals surface area contributed by atoms with Crippen LogP contribution in [0.2, 0.25) is 0 Å². The van der Waals surface area contributed by atoms with Gasteiger partial charge in [-0.1, -0.05) is 13.0 Å². The molecule has 0 aliphatic carbocycles. The lowest BCUT2D eigenvalue weighted by molar-refractivity contribution is 0.261. The Morgan fingerprint density at radius 2 is 2.14 bits per heavy atom. The van der Waals surface area contributed by atoms with Gasteiger partial charge in [-0.3, -0.25) is 0 Å². The second-order valence-corrected chi connectivity index (χ2v) is 5.41. The Bertz CT molecular complexity index is 585. The zero-order chi connectivity index (χ0) is 15.2. The second-order valence-electron chi connectivity index (χ2n) is 5.41. The third-order valence-electron chi connectivity index (χ3n) is 4.07. The van der Waals surface area contributed by atoms with Crippen LogP contribution >= 0.6 is 0 Å². The van der Waals surface area contributed by atoms with E-state index in [1.54, 1.807) is 7.11 Å². The van der Waals surface area contributed by atoms with Crippen LogP contribution in [-0.2, 0) is 0 Å². The van der Waals surface area contributed by atoms with Crippen LogP contribution in [0.3, 0.4) is 0 Å². The van der Waals surface area contributed by atoms with E-state index in [0.29, 0.717) is 6.04 Å². The minimum Gasteiger partial charge on any atom is -0.497 e. The quantitative estimate of drug-likeness (QED) is 0.847. The van der Waals surface area contributed by atoms with Gasteiger partial charge in [-0.25, -0.2) is 4.98 Å². The van der Waals surface area contributed by atoms with Gasteiger partial charge in [-0.2, -0.15) is 0 Å².